The Morgan fingerprint density at radius 3 is 2.80 bits per heavy atom. The fraction of sp³-hybridized carbons (Fsp3) is 0.125. The van der Waals surface area contributed by atoms with Crippen LogP contribution >= 0.6 is 11.3 Å². The van der Waals surface area contributed by atoms with Gasteiger partial charge in [-0.2, -0.15) is 0 Å². The highest BCUT2D eigenvalue weighted by Gasteiger charge is 2.16. The van der Waals surface area contributed by atoms with Gasteiger partial charge in [0.15, 0.2) is 0 Å². The van der Waals surface area contributed by atoms with Crippen molar-refractivity contribution in [1.82, 2.24) is 9.97 Å². The van der Waals surface area contributed by atoms with Crippen molar-refractivity contribution in [2.24, 2.45) is 0 Å². The van der Waals surface area contributed by atoms with Gasteiger partial charge in [-0.05, 0) is 19.1 Å². The van der Waals surface area contributed by atoms with Crippen molar-refractivity contribution < 1.29 is 8.42 Å². The summed E-state index contributed by atoms with van der Waals surface area (Å²) in [5, 5.41) is 0. The van der Waals surface area contributed by atoms with Crippen LogP contribution in [0.2, 0.25) is 0 Å². The van der Waals surface area contributed by atoms with Crippen LogP contribution in [0.3, 0.4) is 0 Å². The molecule has 2 rings (SSSR count). The van der Waals surface area contributed by atoms with Crippen molar-refractivity contribution >= 4 is 27.3 Å². The van der Waals surface area contributed by atoms with Crippen LogP contribution in [0.1, 0.15) is 4.88 Å². The molecule has 80 valence electrons. The molecule has 0 amide bonds. The van der Waals surface area contributed by atoms with Gasteiger partial charge >= 0.3 is 0 Å². The summed E-state index contributed by atoms with van der Waals surface area (Å²) in [6.07, 6.45) is 3.04. The second-order valence-electron chi connectivity index (χ2n) is 2.91. The van der Waals surface area contributed by atoms with E-state index in [0.29, 0.717) is 0 Å². The zero-order valence-corrected chi connectivity index (χ0v) is 9.52. The minimum Gasteiger partial charge on any atom is -0.330 e. The molecule has 0 aromatic carbocycles. The lowest BCUT2D eigenvalue weighted by Crippen LogP contribution is -2.12. The van der Waals surface area contributed by atoms with Gasteiger partial charge < -0.3 is 4.98 Å². The van der Waals surface area contributed by atoms with Crippen LogP contribution < -0.4 is 4.72 Å². The molecule has 0 fully saturated rings. The number of rotatable bonds is 3. The van der Waals surface area contributed by atoms with Crippen LogP contribution in [0.15, 0.2) is 28.7 Å². The predicted octanol–water partition coefficient (Wildman–Crippen LogP) is 1.58. The predicted molar refractivity (Wildman–Crippen MR) is 58.5 cm³/mol. The Morgan fingerprint density at radius 2 is 2.27 bits per heavy atom. The van der Waals surface area contributed by atoms with Gasteiger partial charge in [-0.25, -0.2) is 18.1 Å². The topological polar surface area (TPSA) is 74.8 Å². The molecule has 2 heterocycles. The van der Waals surface area contributed by atoms with Crippen molar-refractivity contribution in [1.29, 1.82) is 0 Å². The number of hydrogen-bond acceptors (Lipinski definition) is 4. The number of sulfonamides is 1. The Labute approximate surface area is 91.2 Å². The number of hydrogen-bond donors (Lipinski definition) is 2. The Morgan fingerprint density at radius 1 is 1.47 bits per heavy atom. The molecule has 2 N–H and O–H groups in total. The minimum atomic E-state index is -3.49. The summed E-state index contributed by atoms with van der Waals surface area (Å²) in [6.45, 7) is 1.86. The van der Waals surface area contributed by atoms with E-state index in [1.54, 1.807) is 18.3 Å². The monoisotopic (exact) mass is 243 g/mol. The molecule has 0 aliphatic carbocycles. The van der Waals surface area contributed by atoms with E-state index in [-0.39, 0.29) is 10.2 Å². The lowest BCUT2D eigenvalue weighted by atomic mass is 10.5. The molecule has 0 saturated heterocycles. The summed E-state index contributed by atoms with van der Waals surface area (Å²) in [5.74, 6) is 0.223. The van der Waals surface area contributed by atoms with Crippen molar-refractivity contribution in [2.75, 3.05) is 4.72 Å². The third kappa shape index (κ3) is 2.18. The normalized spacial score (nSPS) is 11.5. The number of nitrogens with one attached hydrogen (secondary N) is 2. The van der Waals surface area contributed by atoms with Crippen molar-refractivity contribution in [3.05, 3.63) is 29.4 Å². The average Bonchev–Trinajstić information content (AvgIpc) is 2.75. The maximum Gasteiger partial charge on any atom is 0.273 e. The summed E-state index contributed by atoms with van der Waals surface area (Å²) in [7, 11) is -3.49. The van der Waals surface area contributed by atoms with Gasteiger partial charge in [0.1, 0.15) is 4.21 Å². The van der Waals surface area contributed by atoms with Crippen LogP contribution in [0.5, 0.6) is 0 Å². The number of nitrogens with zero attached hydrogens (tertiary/aromatic N) is 1. The van der Waals surface area contributed by atoms with Crippen LogP contribution in [-0.2, 0) is 10.0 Å². The molecule has 0 aliphatic heterocycles. The second kappa shape index (κ2) is 3.67. The number of aryl methyl sites for hydroxylation is 1. The first-order valence-corrected chi connectivity index (χ1v) is 6.46. The Balaban J connectivity index is 2.28. The molecule has 0 bridgehead atoms. The Kier molecular flexibility index (Phi) is 2.49. The number of aromatic amines is 1. The van der Waals surface area contributed by atoms with Gasteiger partial charge in [-0.3, -0.25) is 0 Å². The van der Waals surface area contributed by atoms with E-state index in [1.807, 2.05) is 6.92 Å². The largest absolute Gasteiger partial charge is 0.330 e. The van der Waals surface area contributed by atoms with E-state index >= 15 is 0 Å². The minimum absolute atomic E-state index is 0.223. The molecule has 0 atom stereocenters. The van der Waals surface area contributed by atoms with E-state index in [9.17, 15) is 8.42 Å². The molecule has 2 aromatic rings. The smallest absolute Gasteiger partial charge is 0.273 e. The van der Waals surface area contributed by atoms with Gasteiger partial charge in [0.2, 0.25) is 5.95 Å². The Hall–Kier alpha value is -1.34. The molecule has 0 aliphatic rings. The Bertz CT molecular complexity index is 542. The van der Waals surface area contributed by atoms with Crippen molar-refractivity contribution in [2.45, 2.75) is 11.1 Å². The van der Waals surface area contributed by atoms with Crippen LogP contribution in [-0.4, -0.2) is 18.4 Å². The molecule has 7 heteroatoms. The second-order valence-corrected chi connectivity index (χ2v) is 6.11. The lowest BCUT2D eigenvalue weighted by molar-refractivity contribution is 0.603. The molecule has 15 heavy (non-hydrogen) atoms. The van der Waals surface area contributed by atoms with E-state index in [4.69, 9.17) is 0 Å². The summed E-state index contributed by atoms with van der Waals surface area (Å²) in [4.78, 5) is 7.42. The van der Waals surface area contributed by atoms with Crippen molar-refractivity contribution in [3.63, 3.8) is 0 Å². The van der Waals surface area contributed by atoms with Crippen LogP contribution in [0.4, 0.5) is 5.95 Å². The molecule has 0 spiro atoms. The maximum absolute atomic E-state index is 11.8. The average molecular weight is 243 g/mol. The maximum atomic E-state index is 11.8. The molecular formula is C8H9N3O2S2. The highest BCUT2D eigenvalue weighted by atomic mass is 32.2. The first-order valence-electron chi connectivity index (χ1n) is 4.16. The SMILES string of the molecule is Cc1ccc(S(=O)(=O)Nc2ncc[nH]2)s1. The van der Waals surface area contributed by atoms with E-state index < -0.39 is 10.0 Å². The highest BCUT2D eigenvalue weighted by Crippen LogP contribution is 2.21. The fourth-order valence-corrected chi connectivity index (χ4v) is 3.32. The standard InChI is InChI=1S/C8H9N3O2S2/c1-6-2-3-7(14-6)15(12,13)11-8-9-4-5-10-8/h2-5H,1H3,(H2,9,10,11). The molecule has 0 saturated carbocycles. The van der Waals surface area contributed by atoms with E-state index in [0.717, 1.165) is 4.88 Å². The van der Waals surface area contributed by atoms with Crippen LogP contribution in [0.25, 0.3) is 0 Å². The first-order chi connectivity index (χ1) is 7.08. The highest BCUT2D eigenvalue weighted by molar-refractivity contribution is 7.94. The fourth-order valence-electron chi connectivity index (χ4n) is 1.06. The summed E-state index contributed by atoms with van der Waals surface area (Å²) >= 11 is 1.22. The third-order valence-corrected chi connectivity index (χ3v) is 4.54. The molecular weight excluding hydrogens is 234 g/mol. The number of H-pyrrole nitrogens is 1. The number of thiophene rings is 1. The van der Waals surface area contributed by atoms with Gasteiger partial charge in [-0.15, -0.1) is 11.3 Å². The number of aromatic nitrogens is 2. The van der Waals surface area contributed by atoms with Crippen LogP contribution in [0, 0.1) is 6.92 Å². The molecule has 0 unspecified atom stereocenters. The molecule has 2 aromatic heterocycles. The number of imidazole rings is 1. The molecule has 5 nitrogen and oxygen atoms in total. The van der Waals surface area contributed by atoms with E-state index in [2.05, 4.69) is 14.7 Å². The first kappa shape index (κ1) is 10.2. The quantitative estimate of drug-likeness (QED) is 0.859. The summed E-state index contributed by atoms with van der Waals surface area (Å²) in [5.41, 5.74) is 0. The summed E-state index contributed by atoms with van der Waals surface area (Å²) in [6, 6.07) is 3.34. The molecule has 0 radical (unpaired) electrons. The van der Waals surface area contributed by atoms with Crippen molar-refractivity contribution in [3.8, 4) is 0 Å². The van der Waals surface area contributed by atoms with Gasteiger partial charge in [0.05, 0.1) is 0 Å². The third-order valence-electron chi connectivity index (χ3n) is 1.71. The van der Waals surface area contributed by atoms with Gasteiger partial charge in [0.25, 0.3) is 10.0 Å². The van der Waals surface area contributed by atoms with Gasteiger partial charge in [0, 0.05) is 17.3 Å². The zero-order valence-electron chi connectivity index (χ0n) is 7.89. The number of anilines is 1. The lowest BCUT2D eigenvalue weighted by Gasteiger charge is -2.01. The van der Waals surface area contributed by atoms with Gasteiger partial charge in [-0.1, -0.05) is 0 Å². The summed E-state index contributed by atoms with van der Waals surface area (Å²) < 4.78 is 26.1. The van der Waals surface area contributed by atoms with E-state index in [1.165, 1.54) is 17.5 Å². The zero-order chi connectivity index (χ0) is 10.9.